The zero-order chi connectivity index (χ0) is 20.8. The Morgan fingerprint density at radius 3 is 2.76 bits per heavy atom. The largest absolute Gasteiger partial charge is 0.433 e. The Kier molecular flexibility index (Phi) is 5.27. The molecular formula is C16H14ClF3N6O2S. The molecule has 154 valence electrons. The number of hydrogen-bond donors (Lipinski definition) is 3. The molecule has 1 saturated heterocycles. The van der Waals surface area contributed by atoms with Gasteiger partial charge in [0, 0.05) is 18.5 Å². The Bertz CT molecular complexity index is 1050. The van der Waals surface area contributed by atoms with Crippen molar-refractivity contribution in [1.82, 2.24) is 24.5 Å². The van der Waals surface area contributed by atoms with E-state index < -0.39 is 29.5 Å². The van der Waals surface area contributed by atoms with Crippen molar-refractivity contribution in [3.05, 3.63) is 41.2 Å². The minimum absolute atomic E-state index is 0.0282. The third kappa shape index (κ3) is 3.97. The quantitative estimate of drug-likeness (QED) is 0.524. The van der Waals surface area contributed by atoms with E-state index in [0.717, 1.165) is 12.3 Å². The maximum Gasteiger partial charge on any atom is 0.433 e. The van der Waals surface area contributed by atoms with Gasteiger partial charge in [0.05, 0.1) is 12.4 Å². The number of hydrogen-bond acceptors (Lipinski definition) is 8. The third-order valence-corrected chi connectivity index (χ3v) is 5.92. The van der Waals surface area contributed by atoms with Crippen LogP contribution in [0.5, 0.6) is 0 Å². The van der Waals surface area contributed by atoms with Gasteiger partial charge >= 0.3 is 6.18 Å². The maximum absolute atomic E-state index is 12.8. The molecule has 1 fully saturated rings. The van der Waals surface area contributed by atoms with Crippen LogP contribution in [0.3, 0.4) is 0 Å². The van der Waals surface area contributed by atoms with Crippen molar-refractivity contribution in [3.63, 3.8) is 0 Å². The molecule has 0 radical (unpaired) electrons. The van der Waals surface area contributed by atoms with Crippen LogP contribution in [0.4, 0.5) is 19.0 Å². The Hall–Kier alpha value is -2.15. The molecule has 3 aromatic heterocycles. The fraction of sp³-hybridized carbons (Fsp3) is 0.375. The number of nitrogens with one attached hydrogen (secondary N) is 1. The zero-order valence-corrected chi connectivity index (χ0v) is 16.1. The number of thioether (sulfide) groups is 1. The molecule has 0 saturated carbocycles. The molecule has 13 heteroatoms. The molecule has 29 heavy (non-hydrogen) atoms. The lowest BCUT2D eigenvalue weighted by Gasteiger charge is -2.17. The number of alkyl halides is 3. The Morgan fingerprint density at radius 2 is 2.07 bits per heavy atom. The highest BCUT2D eigenvalue weighted by Gasteiger charge is 2.36. The van der Waals surface area contributed by atoms with Crippen LogP contribution in [0.2, 0.25) is 5.28 Å². The van der Waals surface area contributed by atoms with E-state index in [2.05, 4.69) is 25.3 Å². The number of fused-ring (bicyclic) bond motifs is 1. The molecule has 3 atom stereocenters. The first kappa shape index (κ1) is 20.1. The van der Waals surface area contributed by atoms with Crippen molar-refractivity contribution >= 4 is 40.3 Å². The van der Waals surface area contributed by atoms with Gasteiger partial charge in [-0.1, -0.05) is 0 Å². The maximum atomic E-state index is 12.8. The summed E-state index contributed by atoms with van der Waals surface area (Å²) in [5, 5.41) is 22.3. The van der Waals surface area contributed by atoms with Crippen LogP contribution >= 0.6 is 23.4 Å². The molecule has 8 nitrogen and oxygen atoms in total. The molecule has 0 spiro atoms. The molecule has 4 heterocycles. The summed E-state index contributed by atoms with van der Waals surface area (Å²) in [7, 11) is 0. The van der Waals surface area contributed by atoms with E-state index in [1.807, 2.05) is 0 Å². The summed E-state index contributed by atoms with van der Waals surface area (Å²) in [6, 6.07) is 2.40. The van der Waals surface area contributed by atoms with Gasteiger partial charge in [-0.15, -0.1) is 11.8 Å². The van der Waals surface area contributed by atoms with E-state index in [4.69, 9.17) is 11.6 Å². The molecular weight excluding hydrogens is 433 g/mol. The van der Waals surface area contributed by atoms with Gasteiger partial charge in [0.2, 0.25) is 5.28 Å². The molecule has 3 aromatic rings. The highest BCUT2D eigenvalue weighted by Crippen LogP contribution is 2.38. The first-order valence-electron chi connectivity index (χ1n) is 8.38. The highest BCUT2D eigenvalue weighted by molar-refractivity contribution is 7.99. The first-order valence-corrected chi connectivity index (χ1v) is 9.80. The smallest absolute Gasteiger partial charge is 0.389 e. The van der Waals surface area contributed by atoms with E-state index in [-0.39, 0.29) is 17.6 Å². The zero-order valence-electron chi connectivity index (χ0n) is 14.5. The van der Waals surface area contributed by atoms with Gasteiger partial charge in [-0.25, -0.2) is 4.98 Å². The molecule has 0 aromatic carbocycles. The predicted molar refractivity (Wildman–Crippen MR) is 100 cm³/mol. The second-order valence-corrected chi connectivity index (χ2v) is 7.84. The second kappa shape index (κ2) is 7.59. The summed E-state index contributed by atoms with van der Waals surface area (Å²) in [4.78, 5) is 15.8. The number of anilines is 1. The van der Waals surface area contributed by atoms with Crippen LogP contribution in [-0.4, -0.2) is 52.7 Å². The number of aliphatic hydroxyl groups excluding tert-OH is 2. The number of rotatable bonds is 4. The molecule has 3 N–H and O–H groups in total. The van der Waals surface area contributed by atoms with E-state index in [1.54, 1.807) is 4.57 Å². The van der Waals surface area contributed by atoms with Gasteiger partial charge in [0.25, 0.3) is 0 Å². The van der Waals surface area contributed by atoms with Crippen LogP contribution in [0.1, 0.15) is 16.6 Å². The fourth-order valence-electron chi connectivity index (χ4n) is 2.95. The topological polar surface area (TPSA) is 109 Å². The van der Waals surface area contributed by atoms with Crippen molar-refractivity contribution in [2.24, 2.45) is 0 Å². The number of imidazole rings is 1. The summed E-state index contributed by atoms with van der Waals surface area (Å²) in [5.41, 5.74) is 0.0369. The number of nitrogens with zero attached hydrogens (tertiary/aromatic N) is 5. The lowest BCUT2D eigenvalue weighted by Crippen LogP contribution is -2.27. The van der Waals surface area contributed by atoms with Crippen molar-refractivity contribution in [1.29, 1.82) is 0 Å². The molecule has 1 aliphatic heterocycles. The standard InChI is InChI=1S/C16H14ClF3N6O2S/c17-15-24-12(22-4-7-1-2-21-9(3-7)16(18,19)20)10-13(25-15)26(6-23-10)14-11(28)8(27)5-29-14/h1-3,6,8,11,14,27-28H,4-5H2,(H,22,24,25)/t8?,11?,14-/m1/s1. The van der Waals surface area contributed by atoms with Crippen LogP contribution in [0.25, 0.3) is 11.2 Å². The van der Waals surface area contributed by atoms with Gasteiger partial charge in [-0.05, 0) is 29.3 Å². The number of aliphatic hydroxyl groups is 2. The Balaban J connectivity index is 1.62. The molecule has 0 amide bonds. The normalized spacial score (nSPS) is 22.3. The average molecular weight is 447 g/mol. The van der Waals surface area contributed by atoms with Crippen LogP contribution < -0.4 is 5.32 Å². The summed E-state index contributed by atoms with van der Waals surface area (Å²) in [5.74, 6) is 0.598. The second-order valence-electron chi connectivity index (χ2n) is 6.35. The lowest BCUT2D eigenvalue weighted by atomic mass is 10.2. The van der Waals surface area contributed by atoms with Gasteiger partial charge in [-0.3, -0.25) is 9.55 Å². The van der Waals surface area contributed by atoms with Crippen LogP contribution in [-0.2, 0) is 12.7 Å². The molecule has 0 aliphatic carbocycles. The van der Waals surface area contributed by atoms with Crippen LogP contribution in [0.15, 0.2) is 24.7 Å². The van der Waals surface area contributed by atoms with E-state index in [0.29, 0.717) is 22.5 Å². The van der Waals surface area contributed by atoms with Crippen LogP contribution in [0, 0.1) is 0 Å². The molecule has 4 rings (SSSR count). The van der Waals surface area contributed by atoms with Gasteiger partial charge < -0.3 is 15.5 Å². The van der Waals surface area contributed by atoms with Crippen molar-refractivity contribution in [2.45, 2.75) is 30.3 Å². The van der Waals surface area contributed by atoms with Gasteiger partial charge in [-0.2, -0.15) is 23.1 Å². The SMILES string of the molecule is OC1CS[C@@H](n2cnc3c(NCc4ccnc(C(F)(F)F)c4)nc(Cl)nc32)C1O. The Labute approximate surface area is 171 Å². The van der Waals surface area contributed by atoms with Gasteiger partial charge in [0.15, 0.2) is 17.0 Å². The third-order valence-electron chi connectivity index (χ3n) is 4.37. The first-order chi connectivity index (χ1) is 13.7. The monoisotopic (exact) mass is 446 g/mol. The number of aromatic nitrogens is 5. The minimum Gasteiger partial charge on any atom is -0.389 e. The summed E-state index contributed by atoms with van der Waals surface area (Å²) in [6.07, 6.45) is -3.87. The summed E-state index contributed by atoms with van der Waals surface area (Å²) < 4.78 is 40.1. The van der Waals surface area contributed by atoms with Crippen molar-refractivity contribution in [3.8, 4) is 0 Å². The highest BCUT2D eigenvalue weighted by atomic mass is 35.5. The minimum atomic E-state index is -4.54. The van der Waals surface area contributed by atoms with Crippen molar-refractivity contribution in [2.75, 3.05) is 11.1 Å². The van der Waals surface area contributed by atoms with E-state index >= 15 is 0 Å². The Morgan fingerprint density at radius 1 is 1.28 bits per heavy atom. The fourth-order valence-corrected chi connectivity index (χ4v) is 4.40. The number of pyridine rings is 1. The predicted octanol–water partition coefficient (Wildman–Crippen LogP) is 2.47. The lowest BCUT2D eigenvalue weighted by molar-refractivity contribution is -0.141. The summed E-state index contributed by atoms with van der Waals surface area (Å²) in [6.45, 7) is 0.0282. The molecule has 1 aliphatic rings. The number of halogens is 4. The van der Waals surface area contributed by atoms with E-state index in [9.17, 15) is 23.4 Å². The summed E-state index contributed by atoms with van der Waals surface area (Å²) >= 11 is 7.35. The molecule has 2 unspecified atom stereocenters. The van der Waals surface area contributed by atoms with Gasteiger partial charge in [0.1, 0.15) is 17.2 Å². The van der Waals surface area contributed by atoms with Crippen molar-refractivity contribution < 1.29 is 23.4 Å². The average Bonchev–Trinajstić information content (AvgIpc) is 3.23. The van der Waals surface area contributed by atoms with E-state index in [1.165, 1.54) is 24.2 Å². The molecule has 0 bridgehead atoms.